The van der Waals surface area contributed by atoms with Crippen LogP contribution in [0.5, 0.6) is 0 Å². The normalized spacial score (nSPS) is 14.0. The molecule has 2 atom stereocenters. The van der Waals surface area contributed by atoms with E-state index in [1.54, 1.807) is 0 Å². The van der Waals surface area contributed by atoms with Gasteiger partial charge < -0.3 is 14.9 Å². The van der Waals surface area contributed by atoms with E-state index in [1.807, 2.05) is 0 Å². The van der Waals surface area contributed by atoms with Gasteiger partial charge in [0, 0.05) is 0 Å². The number of nitrogens with zero attached hydrogens (tertiary/aromatic N) is 1. The van der Waals surface area contributed by atoms with E-state index < -0.39 is 34.0 Å². The van der Waals surface area contributed by atoms with Gasteiger partial charge in [0.15, 0.2) is 5.76 Å². The SMILES string of the molecule is C=CCCC(NC(=O)C(C)NS(=O)(=O)c1c(C)noc1C)C(=O)O. The number of hydrogen-bond acceptors (Lipinski definition) is 6. The molecule has 1 aromatic heterocycles. The molecule has 0 fully saturated rings. The number of carboxylic acid groups (broad SMARTS) is 1. The van der Waals surface area contributed by atoms with Gasteiger partial charge in [0.25, 0.3) is 0 Å². The molecule has 0 bridgehead atoms. The Hall–Kier alpha value is -2.20. The van der Waals surface area contributed by atoms with Crippen LogP contribution in [-0.2, 0) is 19.6 Å². The molecule has 1 heterocycles. The van der Waals surface area contributed by atoms with Gasteiger partial charge in [0.1, 0.15) is 16.6 Å². The molecular weight excluding hydrogens is 338 g/mol. The Balaban J connectivity index is 2.82. The molecule has 24 heavy (non-hydrogen) atoms. The maximum Gasteiger partial charge on any atom is 0.326 e. The Morgan fingerprint density at radius 3 is 2.50 bits per heavy atom. The van der Waals surface area contributed by atoms with Crippen LogP contribution in [0.25, 0.3) is 0 Å². The lowest BCUT2D eigenvalue weighted by molar-refractivity contribution is -0.142. The van der Waals surface area contributed by atoms with Crippen LogP contribution in [0.2, 0.25) is 0 Å². The summed E-state index contributed by atoms with van der Waals surface area (Å²) in [5.41, 5.74) is 0.169. The van der Waals surface area contributed by atoms with Crippen molar-refractivity contribution in [3.63, 3.8) is 0 Å². The number of carbonyl (C=O) groups is 2. The zero-order valence-corrected chi connectivity index (χ0v) is 14.5. The fourth-order valence-corrected chi connectivity index (χ4v) is 3.57. The molecule has 0 aliphatic heterocycles. The van der Waals surface area contributed by atoms with E-state index in [1.165, 1.54) is 26.8 Å². The Morgan fingerprint density at radius 1 is 1.42 bits per heavy atom. The lowest BCUT2D eigenvalue weighted by Gasteiger charge is -2.18. The highest BCUT2D eigenvalue weighted by Crippen LogP contribution is 2.18. The maximum atomic E-state index is 12.3. The van der Waals surface area contributed by atoms with Gasteiger partial charge in [-0.1, -0.05) is 11.2 Å². The Bertz CT molecular complexity index is 705. The summed E-state index contributed by atoms with van der Waals surface area (Å²) in [5, 5.41) is 14.9. The predicted octanol–water partition coefficient (Wildman–Crippen LogP) is 0.494. The van der Waals surface area contributed by atoms with Crippen LogP contribution in [0.4, 0.5) is 0 Å². The largest absolute Gasteiger partial charge is 0.480 e. The third-order valence-corrected chi connectivity index (χ3v) is 5.02. The lowest BCUT2D eigenvalue weighted by Crippen LogP contribution is -2.50. The molecule has 0 spiro atoms. The van der Waals surface area contributed by atoms with Crippen molar-refractivity contribution in [2.24, 2.45) is 0 Å². The second-order valence-electron chi connectivity index (χ2n) is 5.26. The number of rotatable bonds is 9. The molecular formula is C14H21N3O6S. The molecule has 0 aliphatic carbocycles. The summed E-state index contributed by atoms with van der Waals surface area (Å²) in [6.45, 7) is 7.71. The van der Waals surface area contributed by atoms with Gasteiger partial charge in [0.05, 0.1) is 6.04 Å². The van der Waals surface area contributed by atoms with Crippen LogP contribution in [0.15, 0.2) is 22.1 Å². The first-order valence-corrected chi connectivity index (χ1v) is 8.67. The molecule has 0 aromatic carbocycles. The number of aliphatic carboxylic acids is 1. The second-order valence-corrected chi connectivity index (χ2v) is 6.91. The molecule has 10 heteroatoms. The highest BCUT2D eigenvalue weighted by Gasteiger charge is 2.29. The Labute approximate surface area is 140 Å². The highest BCUT2D eigenvalue weighted by atomic mass is 32.2. The third kappa shape index (κ3) is 4.90. The zero-order valence-electron chi connectivity index (χ0n) is 13.7. The van der Waals surface area contributed by atoms with Crippen LogP contribution < -0.4 is 10.0 Å². The van der Waals surface area contributed by atoms with Crippen molar-refractivity contribution in [2.75, 3.05) is 0 Å². The quantitative estimate of drug-likeness (QED) is 0.545. The molecule has 134 valence electrons. The van der Waals surface area contributed by atoms with Crippen LogP contribution in [0.3, 0.4) is 0 Å². The molecule has 2 unspecified atom stereocenters. The number of carboxylic acids is 1. The van der Waals surface area contributed by atoms with Crippen LogP contribution in [-0.4, -0.2) is 42.6 Å². The van der Waals surface area contributed by atoms with Crippen molar-refractivity contribution < 1.29 is 27.6 Å². The number of aryl methyl sites for hydroxylation is 2. The highest BCUT2D eigenvalue weighted by molar-refractivity contribution is 7.89. The Kier molecular flexibility index (Phi) is 6.67. The number of allylic oxidation sites excluding steroid dienone is 1. The van der Waals surface area contributed by atoms with Gasteiger partial charge in [-0.05, 0) is 33.6 Å². The number of amides is 1. The van der Waals surface area contributed by atoms with Crippen LogP contribution in [0, 0.1) is 13.8 Å². The van der Waals surface area contributed by atoms with Crippen LogP contribution in [0.1, 0.15) is 31.2 Å². The smallest absolute Gasteiger partial charge is 0.326 e. The van der Waals surface area contributed by atoms with Gasteiger partial charge in [-0.3, -0.25) is 4.79 Å². The standard InChI is InChI=1S/C14H21N3O6S/c1-5-6-7-11(14(19)20)15-13(18)9(3)17-24(21,22)12-8(2)16-23-10(12)4/h5,9,11,17H,1,6-7H2,2-4H3,(H,15,18)(H,19,20). The minimum Gasteiger partial charge on any atom is -0.480 e. The van der Waals surface area contributed by atoms with Crippen molar-refractivity contribution in [1.82, 2.24) is 15.2 Å². The lowest BCUT2D eigenvalue weighted by atomic mass is 10.1. The number of aromatic nitrogens is 1. The number of hydrogen-bond donors (Lipinski definition) is 3. The molecule has 1 amide bonds. The monoisotopic (exact) mass is 359 g/mol. The zero-order chi connectivity index (χ0) is 18.5. The van der Waals surface area contributed by atoms with Crippen molar-refractivity contribution in [1.29, 1.82) is 0 Å². The second kappa shape index (κ2) is 8.06. The molecule has 9 nitrogen and oxygen atoms in total. The minimum atomic E-state index is -4.03. The van der Waals surface area contributed by atoms with Gasteiger partial charge in [-0.2, -0.15) is 4.72 Å². The molecule has 3 N–H and O–H groups in total. The number of sulfonamides is 1. The average Bonchev–Trinajstić information content (AvgIpc) is 2.82. The summed E-state index contributed by atoms with van der Waals surface area (Å²) >= 11 is 0. The minimum absolute atomic E-state index is 0.0991. The van der Waals surface area contributed by atoms with E-state index in [0.717, 1.165) is 0 Å². The van der Waals surface area contributed by atoms with Crippen molar-refractivity contribution >= 4 is 21.9 Å². The third-order valence-electron chi connectivity index (χ3n) is 3.24. The van der Waals surface area contributed by atoms with E-state index in [4.69, 9.17) is 9.63 Å². The molecule has 0 saturated carbocycles. The number of carbonyl (C=O) groups excluding carboxylic acids is 1. The van der Waals surface area contributed by atoms with Gasteiger partial charge in [-0.15, -0.1) is 6.58 Å². The van der Waals surface area contributed by atoms with E-state index >= 15 is 0 Å². The summed E-state index contributed by atoms with van der Waals surface area (Å²) in [5.74, 6) is -1.85. The predicted molar refractivity (Wildman–Crippen MR) is 84.8 cm³/mol. The van der Waals surface area contributed by atoms with Crippen molar-refractivity contribution in [3.05, 3.63) is 24.1 Å². The fourth-order valence-electron chi connectivity index (χ4n) is 2.04. The van der Waals surface area contributed by atoms with E-state index in [9.17, 15) is 18.0 Å². The molecule has 0 saturated heterocycles. The first-order valence-electron chi connectivity index (χ1n) is 7.19. The summed E-state index contributed by atoms with van der Waals surface area (Å²) < 4.78 is 31.6. The van der Waals surface area contributed by atoms with Gasteiger partial charge in [0.2, 0.25) is 15.9 Å². The van der Waals surface area contributed by atoms with E-state index in [-0.39, 0.29) is 22.8 Å². The summed E-state index contributed by atoms with van der Waals surface area (Å²) in [7, 11) is -4.03. The topological polar surface area (TPSA) is 139 Å². The van der Waals surface area contributed by atoms with Crippen LogP contribution >= 0.6 is 0 Å². The average molecular weight is 359 g/mol. The molecule has 0 radical (unpaired) electrons. The molecule has 0 aliphatic rings. The summed E-state index contributed by atoms with van der Waals surface area (Å²) in [6, 6.07) is -2.30. The van der Waals surface area contributed by atoms with Crippen molar-refractivity contribution in [2.45, 2.75) is 50.6 Å². The number of nitrogens with one attached hydrogen (secondary N) is 2. The summed E-state index contributed by atoms with van der Waals surface area (Å²) in [6.07, 6.45) is 2.09. The van der Waals surface area contributed by atoms with E-state index in [0.29, 0.717) is 6.42 Å². The first kappa shape index (κ1) is 19.8. The van der Waals surface area contributed by atoms with Gasteiger partial charge in [-0.25, -0.2) is 13.2 Å². The van der Waals surface area contributed by atoms with Gasteiger partial charge >= 0.3 is 5.97 Å². The fraction of sp³-hybridized carbons (Fsp3) is 0.500. The van der Waals surface area contributed by atoms with Crippen molar-refractivity contribution in [3.8, 4) is 0 Å². The summed E-state index contributed by atoms with van der Waals surface area (Å²) in [4.78, 5) is 23.1. The van der Waals surface area contributed by atoms with E-state index in [2.05, 4.69) is 21.8 Å². The molecule has 1 rings (SSSR count). The Morgan fingerprint density at radius 2 is 2.04 bits per heavy atom. The first-order chi connectivity index (χ1) is 11.1. The molecule has 1 aromatic rings. The maximum absolute atomic E-state index is 12.3.